The Hall–Kier alpha value is -0.610. The fraction of sp³-hybridized carbons (Fsp3) is 0.917. The van der Waals surface area contributed by atoms with Crippen LogP contribution in [0.3, 0.4) is 0 Å². The third-order valence-electron chi connectivity index (χ3n) is 3.72. The van der Waals surface area contributed by atoms with Gasteiger partial charge in [-0.1, -0.05) is 12.8 Å². The Morgan fingerprint density at radius 2 is 2.19 bits per heavy atom. The summed E-state index contributed by atoms with van der Waals surface area (Å²) in [6.45, 7) is 0.885. The van der Waals surface area contributed by atoms with Crippen LogP contribution in [0.5, 0.6) is 0 Å². The molecule has 0 aromatic carbocycles. The topological polar surface area (TPSA) is 50.4 Å². The van der Waals surface area contributed by atoms with Gasteiger partial charge in [-0.25, -0.2) is 0 Å². The Kier molecular flexibility index (Phi) is 4.18. The van der Waals surface area contributed by atoms with Crippen molar-refractivity contribution in [3.05, 3.63) is 0 Å². The van der Waals surface area contributed by atoms with Gasteiger partial charge < -0.3 is 15.4 Å². The van der Waals surface area contributed by atoms with Crippen LogP contribution < -0.4 is 10.6 Å². The standard InChI is InChI=1S/C12H22N2O2/c1-16-11-5-3-2-4-10(11)13-8-9-6-7-12(15)14-9/h9-11,13H,2-8H2,1H3,(H,14,15). The summed E-state index contributed by atoms with van der Waals surface area (Å²) >= 11 is 0. The summed E-state index contributed by atoms with van der Waals surface area (Å²) < 4.78 is 5.49. The largest absolute Gasteiger partial charge is 0.380 e. The van der Waals surface area contributed by atoms with Crippen molar-refractivity contribution in [2.24, 2.45) is 0 Å². The lowest BCUT2D eigenvalue weighted by Gasteiger charge is -2.32. The molecular formula is C12H22N2O2. The lowest BCUT2D eigenvalue weighted by atomic mass is 9.92. The molecule has 0 radical (unpaired) electrons. The molecule has 1 saturated carbocycles. The van der Waals surface area contributed by atoms with Crippen molar-refractivity contribution in [3.8, 4) is 0 Å². The van der Waals surface area contributed by atoms with Crippen LogP contribution in [0.25, 0.3) is 0 Å². The Morgan fingerprint density at radius 1 is 1.38 bits per heavy atom. The highest BCUT2D eigenvalue weighted by atomic mass is 16.5. The summed E-state index contributed by atoms with van der Waals surface area (Å²) in [6, 6.07) is 0.795. The number of amides is 1. The average Bonchev–Trinajstić information content (AvgIpc) is 2.73. The molecule has 16 heavy (non-hydrogen) atoms. The van der Waals surface area contributed by atoms with Gasteiger partial charge in [-0.3, -0.25) is 4.79 Å². The third-order valence-corrected chi connectivity index (χ3v) is 3.72. The maximum absolute atomic E-state index is 11.1. The predicted molar refractivity (Wildman–Crippen MR) is 62.2 cm³/mol. The van der Waals surface area contributed by atoms with Crippen molar-refractivity contribution < 1.29 is 9.53 Å². The highest BCUT2D eigenvalue weighted by molar-refractivity contribution is 5.78. The van der Waals surface area contributed by atoms with Crippen LogP contribution >= 0.6 is 0 Å². The highest BCUT2D eigenvalue weighted by Gasteiger charge is 2.26. The fourth-order valence-corrected chi connectivity index (χ4v) is 2.74. The molecule has 4 nitrogen and oxygen atoms in total. The van der Waals surface area contributed by atoms with E-state index in [1.54, 1.807) is 7.11 Å². The molecule has 1 heterocycles. The predicted octanol–water partition coefficient (Wildman–Crippen LogP) is 0.812. The Balaban J connectivity index is 1.73. The summed E-state index contributed by atoms with van der Waals surface area (Å²) in [5, 5.41) is 6.53. The van der Waals surface area contributed by atoms with Crippen molar-refractivity contribution in [1.29, 1.82) is 0 Å². The number of hydrogen-bond donors (Lipinski definition) is 2. The lowest BCUT2D eigenvalue weighted by Crippen LogP contribution is -2.47. The van der Waals surface area contributed by atoms with Crippen molar-refractivity contribution in [2.75, 3.05) is 13.7 Å². The number of carbonyl (C=O) groups is 1. The van der Waals surface area contributed by atoms with Crippen LogP contribution in [0.1, 0.15) is 38.5 Å². The van der Waals surface area contributed by atoms with Gasteiger partial charge in [0.1, 0.15) is 0 Å². The molecule has 1 aliphatic carbocycles. The molecule has 0 aromatic rings. The number of hydrogen-bond acceptors (Lipinski definition) is 3. The zero-order valence-electron chi connectivity index (χ0n) is 10.00. The maximum Gasteiger partial charge on any atom is 0.220 e. The van der Waals surface area contributed by atoms with Gasteiger partial charge in [0.2, 0.25) is 5.91 Å². The SMILES string of the molecule is COC1CCCCC1NCC1CCC(=O)N1. The van der Waals surface area contributed by atoms with Gasteiger partial charge in [0.15, 0.2) is 0 Å². The minimum Gasteiger partial charge on any atom is -0.380 e. The molecule has 2 fully saturated rings. The molecule has 1 aliphatic heterocycles. The van der Waals surface area contributed by atoms with Gasteiger partial charge >= 0.3 is 0 Å². The smallest absolute Gasteiger partial charge is 0.220 e. The van der Waals surface area contributed by atoms with Gasteiger partial charge in [0.25, 0.3) is 0 Å². The number of carbonyl (C=O) groups excluding carboxylic acids is 1. The van der Waals surface area contributed by atoms with Crippen molar-refractivity contribution in [1.82, 2.24) is 10.6 Å². The zero-order chi connectivity index (χ0) is 11.4. The number of ether oxygens (including phenoxy) is 1. The molecule has 0 aromatic heterocycles. The minimum absolute atomic E-state index is 0.193. The van der Waals surface area contributed by atoms with E-state index in [-0.39, 0.29) is 5.91 Å². The van der Waals surface area contributed by atoms with Crippen molar-refractivity contribution >= 4 is 5.91 Å². The van der Waals surface area contributed by atoms with E-state index in [4.69, 9.17) is 4.74 Å². The Bertz CT molecular complexity index is 245. The molecule has 4 heteroatoms. The number of nitrogens with one attached hydrogen (secondary N) is 2. The van der Waals surface area contributed by atoms with E-state index in [9.17, 15) is 4.79 Å². The second-order valence-corrected chi connectivity index (χ2v) is 4.88. The Labute approximate surface area is 97.1 Å². The summed E-state index contributed by atoms with van der Waals surface area (Å²) in [5.41, 5.74) is 0. The second-order valence-electron chi connectivity index (χ2n) is 4.88. The van der Waals surface area contributed by atoms with E-state index < -0.39 is 0 Å². The molecule has 0 bridgehead atoms. The second kappa shape index (κ2) is 5.64. The third kappa shape index (κ3) is 2.95. The molecule has 3 atom stereocenters. The average molecular weight is 226 g/mol. The van der Waals surface area contributed by atoms with Gasteiger partial charge in [-0.05, 0) is 19.3 Å². The van der Waals surface area contributed by atoms with Crippen LogP contribution in [-0.4, -0.2) is 37.7 Å². The van der Waals surface area contributed by atoms with Crippen LogP contribution in [0.15, 0.2) is 0 Å². The molecule has 92 valence electrons. The number of methoxy groups -OCH3 is 1. The summed E-state index contributed by atoms with van der Waals surface area (Å²) in [6.07, 6.45) is 6.92. The molecule has 1 saturated heterocycles. The Morgan fingerprint density at radius 3 is 2.88 bits per heavy atom. The first kappa shape index (κ1) is 11.9. The van der Waals surface area contributed by atoms with Crippen molar-refractivity contribution in [3.63, 3.8) is 0 Å². The van der Waals surface area contributed by atoms with Crippen LogP contribution in [0, 0.1) is 0 Å². The normalized spacial score (nSPS) is 35.1. The van der Waals surface area contributed by atoms with Gasteiger partial charge in [-0.2, -0.15) is 0 Å². The summed E-state index contributed by atoms with van der Waals surface area (Å²) in [7, 11) is 1.79. The van der Waals surface area contributed by atoms with Gasteiger partial charge in [0, 0.05) is 32.2 Å². The van der Waals surface area contributed by atoms with E-state index in [1.165, 1.54) is 19.3 Å². The lowest BCUT2D eigenvalue weighted by molar-refractivity contribution is -0.119. The zero-order valence-corrected chi connectivity index (χ0v) is 10.00. The van der Waals surface area contributed by atoms with E-state index in [2.05, 4.69) is 10.6 Å². The molecular weight excluding hydrogens is 204 g/mol. The fourth-order valence-electron chi connectivity index (χ4n) is 2.74. The molecule has 1 amide bonds. The van der Waals surface area contributed by atoms with E-state index >= 15 is 0 Å². The first-order valence-electron chi connectivity index (χ1n) is 6.35. The highest BCUT2D eigenvalue weighted by Crippen LogP contribution is 2.20. The van der Waals surface area contributed by atoms with Crippen LogP contribution in [0.4, 0.5) is 0 Å². The van der Waals surface area contributed by atoms with Crippen LogP contribution in [0.2, 0.25) is 0 Å². The minimum atomic E-state index is 0.193. The molecule has 0 spiro atoms. The first-order valence-corrected chi connectivity index (χ1v) is 6.35. The van der Waals surface area contributed by atoms with E-state index in [0.717, 1.165) is 19.4 Å². The quantitative estimate of drug-likeness (QED) is 0.746. The van der Waals surface area contributed by atoms with Gasteiger partial charge in [-0.15, -0.1) is 0 Å². The van der Waals surface area contributed by atoms with E-state index in [1.807, 2.05) is 0 Å². The number of rotatable bonds is 4. The molecule has 3 unspecified atom stereocenters. The van der Waals surface area contributed by atoms with Gasteiger partial charge in [0.05, 0.1) is 6.10 Å². The molecule has 2 rings (SSSR count). The van der Waals surface area contributed by atoms with Crippen LogP contribution in [-0.2, 0) is 9.53 Å². The van der Waals surface area contributed by atoms with Crippen molar-refractivity contribution in [2.45, 2.75) is 56.7 Å². The summed E-state index contributed by atoms with van der Waals surface area (Å²) in [5.74, 6) is 0.193. The molecule has 2 aliphatic rings. The van der Waals surface area contributed by atoms with E-state index in [0.29, 0.717) is 24.6 Å². The summed E-state index contributed by atoms with van der Waals surface area (Å²) in [4.78, 5) is 11.1. The first-order chi connectivity index (χ1) is 7.79. The monoisotopic (exact) mass is 226 g/mol. The maximum atomic E-state index is 11.1. The molecule has 2 N–H and O–H groups in total.